The lowest BCUT2D eigenvalue weighted by Crippen LogP contribution is -2.11. The quantitative estimate of drug-likeness (QED) is 0.594. The number of nitrogens with zero attached hydrogens (tertiary/aromatic N) is 1. The first-order valence-corrected chi connectivity index (χ1v) is 4.46. The molecule has 1 atom stereocenters. The third kappa shape index (κ3) is 5.05. The molecule has 0 spiro atoms. The highest BCUT2D eigenvalue weighted by molar-refractivity contribution is 5.99. The minimum Gasteiger partial charge on any atom is -0.300 e. The van der Waals surface area contributed by atoms with Crippen molar-refractivity contribution < 1.29 is 4.79 Å². The molecule has 0 saturated heterocycles. The van der Waals surface area contributed by atoms with Gasteiger partial charge >= 0.3 is 0 Å². The molecule has 2 heteroatoms. The fourth-order valence-corrected chi connectivity index (χ4v) is 0.903. The average Bonchev–Trinajstić information content (AvgIpc) is 1.84. The van der Waals surface area contributed by atoms with Gasteiger partial charge in [-0.2, -0.15) is 0 Å². The normalized spacial score (nSPS) is 15.0. The molecule has 0 aliphatic heterocycles. The van der Waals surface area contributed by atoms with Gasteiger partial charge in [0.25, 0.3) is 0 Å². The second kappa shape index (κ2) is 5.07. The number of hydrogen-bond acceptors (Lipinski definition) is 2. The highest BCUT2D eigenvalue weighted by atomic mass is 16.1. The van der Waals surface area contributed by atoms with Gasteiger partial charge in [0.2, 0.25) is 0 Å². The summed E-state index contributed by atoms with van der Waals surface area (Å²) < 4.78 is 0. The van der Waals surface area contributed by atoms with Gasteiger partial charge in [-0.25, -0.2) is 0 Å². The Kier molecular flexibility index (Phi) is 4.79. The molecule has 0 fully saturated rings. The largest absolute Gasteiger partial charge is 0.300 e. The van der Waals surface area contributed by atoms with Gasteiger partial charge < -0.3 is 0 Å². The second-order valence-corrected chi connectivity index (χ2v) is 3.73. The van der Waals surface area contributed by atoms with Crippen molar-refractivity contribution in [3.8, 4) is 0 Å². The number of carbonyl (C=O) groups is 1. The van der Waals surface area contributed by atoms with E-state index in [2.05, 4.69) is 25.8 Å². The fraction of sp³-hybridized carbons (Fsp3) is 0.800. The molecule has 0 saturated carbocycles. The van der Waals surface area contributed by atoms with E-state index in [0.29, 0.717) is 18.4 Å². The van der Waals surface area contributed by atoms with Gasteiger partial charge in [0.15, 0.2) is 0 Å². The van der Waals surface area contributed by atoms with Crippen molar-refractivity contribution in [2.75, 3.05) is 0 Å². The van der Waals surface area contributed by atoms with Gasteiger partial charge in [-0.3, -0.25) is 9.79 Å². The van der Waals surface area contributed by atoms with Gasteiger partial charge in [0, 0.05) is 18.2 Å². The van der Waals surface area contributed by atoms with Gasteiger partial charge in [-0.1, -0.05) is 13.8 Å². The van der Waals surface area contributed by atoms with E-state index in [9.17, 15) is 4.79 Å². The molecular formula is C10H19NO. The number of carbonyl (C=O) groups excluding carboxylic acids is 1. The third-order valence-electron chi connectivity index (χ3n) is 1.89. The van der Waals surface area contributed by atoms with Crippen LogP contribution in [0.1, 0.15) is 41.0 Å². The lowest BCUT2D eigenvalue weighted by atomic mass is 10.1. The van der Waals surface area contributed by atoms with E-state index in [0.717, 1.165) is 5.71 Å². The smallest absolute Gasteiger partial charge is 0.135 e. The van der Waals surface area contributed by atoms with E-state index in [1.54, 1.807) is 6.92 Å². The average molecular weight is 169 g/mol. The summed E-state index contributed by atoms with van der Waals surface area (Å²) in [5.41, 5.74) is 0.948. The zero-order valence-corrected chi connectivity index (χ0v) is 8.72. The molecule has 2 nitrogen and oxygen atoms in total. The Hall–Kier alpha value is -0.660. The topological polar surface area (TPSA) is 29.4 Å². The minimum absolute atomic E-state index is 0.187. The van der Waals surface area contributed by atoms with Crippen molar-refractivity contribution in [1.82, 2.24) is 0 Å². The maximum atomic E-state index is 10.7. The van der Waals surface area contributed by atoms with Crippen LogP contribution in [0.5, 0.6) is 0 Å². The second-order valence-electron chi connectivity index (χ2n) is 3.73. The maximum Gasteiger partial charge on any atom is 0.135 e. The SMILES string of the molecule is CC(=O)CC(C)=NC(C)C(C)C. The van der Waals surface area contributed by atoms with Crippen molar-refractivity contribution >= 4 is 11.5 Å². The molecule has 0 bridgehead atoms. The van der Waals surface area contributed by atoms with E-state index in [4.69, 9.17) is 0 Å². The van der Waals surface area contributed by atoms with Crippen molar-refractivity contribution in [3.63, 3.8) is 0 Å². The van der Waals surface area contributed by atoms with E-state index < -0.39 is 0 Å². The molecule has 0 aromatic rings. The third-order valence-corrected chi connectivity index (χ3v) is 1.89. The highest BCUT2D eigenvalue weighted by Gasteiger charge is 2.05. The Morgan fingerprint density at radius 1 is 1.25 bits per heavy atom. The van der Waals surface area contributed by atoms with Gasteiger partial charge in [0.1, 0.15) is 5.78 Å². The predicted octanol–water partition coefficient (Wildman–Crippen LogP) is 2.47. The standard InChI is InChI=1S/C10H19NO/c1-7(2)10(5)11-8(3)6-9(4)12/h7,10H,6H2,1-5H3. The molecule has 12 heavy (non-hydrogen) atoms. The van der Waals surface area contributed by atoms with Crippen LogP contribution in [0.15, 0.2) is 4.99 Å². The van der Waals surface area contributed by atoms with Crippen LogP contribution in [0.4, 0.5) is 0 Å². The number of hydrogen-bond donors (Lipinski definition) is 0. The summed E-state index contributed by atoms with van der Waals surface area (Å²) in [6, 6.07) is 0.323. The van der Waals surface area contributed by atoms with Gasteiger partial charge in [-0.15, -0.1) is 0 Å². The number of aliphatic imine (C=N–C) groups is 1. The molecule has 0 amide bonds. The first-order chi connectivity index (χ1) is 5.43. The van der Waals surface area contributed by atoms with E-state index in [1.165, 1.54) is 0 Å². The minimum atomic E-state index is 0.187. The summed E-state index contributed by atoms with van der Waals surface area (Å²) in [7, 11) is 0. The van der Waals surface area contributed by atoms with Crippen molar-refractivity contribution in [2.45, 2.75) is 47.1 Å². The number of rotatable bonds is 4. The van der Waals surface area contributed by atoms with Crippen LogP contribution in [-0.2, 0) is 4.79 Å². The van der Waals surface area contributed by atoms with Crippen LogP contribution in [0, 0.1) is 5.92 Å². The molecule has 70 valence electrons. The lowest BCUT2D eigenvalue weighted by Gasteiger charge is -2.11. The summed E-state index contributed by atoms with van der Waals surface area (Å²) in [6.07, 6.45) is 0.497. The molecule has 0 N–H and O–H groups in total. The molecule has 0 aromatic heterocycles. The monoisotopic (exact) mass is 169 g/mol. The van der Waals surface area contributed by atoms with E-state index in [-0.39, 0.29) is 5.78 Å². The summed E-state index contributed by atoms with van der Waals surface area (Å²) in [6.45, 7) is 9.86. The van der Waals surface area contributed by atoms with Crippen LogP contribution < -0.4 is 0 Å². The van der Waals surface area contributed by atoms with Crippen molar-refractivity contribution in [1.29, 1.82) is 0 Å². The van der Waals surface area contributed by atoms with Gasteiger partial charge in [-0.05, 0) is 26.7 Å². The first kappa shape index (κ1) is 11.3. The zero-order valence-electron chi connectivity index (χ0n) is 8.72. The number of Topliss-reactive ketones (excluding diaryl/α,β-unsaturated/α-hetero) is 1. The van der Waals surface area contributed by atoms with Crippen LogP contribution in [0.2, 0.25) is 0 Å². The molecule has 0 aliphatic rings. The molecule has 0 rings (SSSR count). The molecule has 0 aliphatic carbocycles. The fourth-order valence-electron chi connectivity index (χ4n) is 0.903. The van der Waals surface area contributed by atoms with Crippen molar-refractivity contribution in [2.24, 2.45) is 10.9 Å². The molecule has 0 aromatic carbocycles. The van der Waals surface area contributed by atoms with E-state index in [1.807, 2.05) is 6.92 Å². The Morgan fingerprint density at radius 3 is 2.08 bits per heavy atom. The predicted molar refractivity (Wildman–Crippen MR) is 52.7 cm³/mol. The maximum absolute atomic E-state index is 10.7. The zero-order chi connectivity index (χ0) is 9.72. The molecule has 1 unspecified atom stereocenters. The molecule has 0 heterocycles. The Morgan fingerprint density at radius 2 is 1.75 bits per heavy atom. The Labute approximate surface area is 75.1 Å². The summed E-state index contributed by atoms with van der Waals surface area (Å²) in [5, 5.41) is 0. The van der Waals surface area contributed by atoms with Gasteiger partial charge in [0.05, 0.1) is 0 Å². The summed E-state index contributed by atoms with van der Waals surface area (Å²) in [5.74, 6) is 0.735. The lowest BCUT2D eigenvalue weighted by molar-refractivity contribution is -0.115. The van der Waals surface area contributed by atoms with Crippen LogP contribution in [-0.4, -0.2) is 17.5 Å². The summed E-state index contributed by atoms with van der Waals surface area (Å²) >= 11 is 0. The Balaban J connectivity index is 4.06. The summed E-state index contributed by atoms with van der Waals surface area (Å²) in [4.78, 5) is 15.1. The van der Waals surface area contributed by atoms with Crippen LogP contribution in [0.3, 0.4) is 0 Å². The van der Waals surface area contributed by atoms with Crippen LogP contribution >= 0.6 is 0 Å². The highest BCUT2D eigenvalue weighted by Crippen LogP contribution is 2.05. The first-order valence-electron chi connectivity index (χ1n) is 4.46. The Bertz CT molecular complexity index is 182. The van der Waals surface area contributed by atoms with E-state index >= 15 is 0 Å². The molecular weight excluding hydrogens is 150 g/mol. The molecule has 0 radical (unpaired) electrons. The van der Waals surface area contributed by atoms with Crippen molar-refractivity contribution in [3.05, 3.63) is 0 Å². The van der Waals surface area contributed by atoms with Crippen LogP contribution in [0.25, 0.3) is 0 Å². The number of ketones is 1.